The Morgan fingerprint density at radius 1 is 0.611 bits per heavy atom. The van der Waals surface area contributed by atoms with Crippen LogP contribution in [0.5, 0.6) is 0 Å². The number of nitrogens with one attached hydrogen (secondary N) is 1. The molecule has 4 aromatic rings. The van der Waals surface area contributed by atoms with Crippen LogP contribution in [-0.4, -0.2) is 15.0 Å². The number of rotatable bonds is 4. The van der Waals surface area contributed by atoms with Gasteiger partial charge in [0.15, 0.2) is 0 Å². The summed E-state index contributed by atoms with van der Waals surface area (Å²) >= 11 is 6.13. The fourth-order valence-corrected chi connectivity index (χ4v) is 2.99. The van der Waals surface area contributed by atoms with Gasteiger partial charge in [0.25, 0.3) is 0 Å². The highest BCUT2D eigenvalue weighted by molar-refractivity contribution is 6.29. The number of benzene rings is 2. The van der Waals surface area contributed by atoms with E-state index in [-0.39, 0.29) is 72.9 Å². The van der Waals surface area contributed by atoms with E-state index in [1.54, 1.807) is 6.20 Å². The summed E-state index contributed by atoms with van der Waals surface area (Å²) in [7, 11) is 0. The number of fused-ring (bicyclic) bond motifs is 1. The fourth-order valence-electron chi connectivity index (χ4n) is 2.82. The molecule has 0 aliphatic heterocycles. The van der Waals surface area contributed by atoms with Gasteiger partial charge in [-0.05, 0) is 40.9 Å². The number of aromatic nitrogens is 3. The van der Waals surface area contributed by atoms with Crippen LogP contribution in [0.1, 0.15) is 5.69 Å². The summed E-state index contributed by atoms with van der Waals surface area (Å²) in [6.07, 6.45) is 1.78. The van der Waals surface area contributed by atoms with Crippen LogP contribution < -0.4 is 73.0 Å². The van der Waals surface area contributed by atoms with Crippen molar-refractivity contribution in [2.75, 3.05) is 5.32 Å². The first-order valence-corrected chi connectivity index (χ1v) is 8.34. The number of anilines is 1. The molecule has 0 fully saturated rings. The van der Waals surface area contributed by atoms with Crippen molar-refractivity contribution in [3.63, 3.8) is 0 Å². The average Bonchev–Trinajstić information content (AvgIpc) is 2.67. The topological polar surface area (TPSA) is 436 Å². The van der Waals surface area contributed by atoms with Gasteiger partial charge in [-0.15, -0.1) is 0 Å². The van der Waals surface area contributed by atoms with E-state index in [0.29, 0.717) is 12.4 Å². The van der Waals surface area contributed by atoms with Gasteiger partial charge in [0.2, 0.25) is 5.28 Å². The predicted octanol–water partition coefficient (Wildman–Crippen LogP) is 6.74. The van der Waals surface area contributed by atoms with Crippen LogP contribution in [0.25, 0.3) is 22.0 Å². The molecule has 2 heterocycles. The summed E-state index contributed by atoms with van der Waals surface area (Å²) in [5, 5.41) is 4.53. The molecule has 2 aromatic heterocycles. The van der Waals surface area contributed by atoms with Crippen molar-refractivity contribution in [1.82, 2.24) is 82.6 Å². The molecule has 0 atom stereocenters. The van der Waals surface area contributed by atoms with Crippen molar-refractivity contribution in [1.29, 1.82) is 0 Å². The van der Waals surface area contributed by atoms with Crippen LogP contribution in [0, 0.1) is 0 Å². The Bertz CT molecular complexity index is 1020. The van der Waals surface area contributed by atoms with Gasteiger partial charge in [0.05, 0.1) is 23.1 Å². The van der Waals surface area contributed by atoms with Gasteiger partial charge in [-0.1, -0.05) is 48.5 Å². The van der Waals surface area contributed by atoms with Crippen LogP contribution in [-0.2, 0) is 6.54 Å². The molecule has 0 unspecified atom stereocenters. The van der Waals surface area contributed by atoms with Crippen LogP contribution in [0.2, 0.25) is 5.28 Å². The average molecular weight is 534 g/mol. The van der Waals surface area contributed by atoms with E-state index in [1.807, 2.05) is 48.5 Å². The molecule has 0 amide bonds. The highest BCUT2D eigenvalue weighted by Gasteiger charge is 2.12. The third kappa shape index (κ3) is 11.8. The first-order valence-electron chi connectivity index (χ1n) is 7.97. The molecule has 36 heavy (non-hydrogen) atoms. The molecule has 4 rings (SSSR count). The SMILES string of the molecule is Clc1nc(NCc2ccccn2)c2c(-c3ccccc3)cccc2n1.N.N.N.N.N.N.N.N.N.N.N. The summed E-state index contributed by atoms with van der Waals surface area (Å²) in [5.74, 6) is 0.708. The van der Waals surface area contributed by atoms with Gasteiger partial charge >= 0.3 is 0 Å². The molecular weight excluding hydrogens is 486 g/mol. The molecule has 0 aliphatic rings. The highest BCUT2D eigenvalue weighted by atomic mass is 35.5. The van der Waals surface area contributed by atoms with E-state index in [1.165, 1.54) is 0 Å². The second kappa shape index (κ2) is 24.7. The summed E-state index contributed by atoms with van der Waals surface area (Å²) in [6.45, 7) is 0.562. The van der Waals surface area contributed by atoms with E-state index >= 15 is 0 Å². The Morgan fingerprint density at radius 2 is 1.19 bits per heavy atom. The van der Waals surface area contributed by atoms with E-state index < -0.39 is 0 Å². The fraction of sp³-hybridized carbons (Fsp3) is 0.0500. The van der Waals surface area contributed by atoms with E-state index in [4.69, 9.17) is 11.6 Å². The quantitative estimate of drug-likeness (QED) is 0.120. The normalized spacial score (nSPS) is 7.47. The van der Waals surface area contributed by atoms with E-state index in [2.05, 4.69) is 38.5 Å². The lowest BCUT2D eigenvalue weighted by Gasteiger charge is -2.12. The second-order valence-electron chi connectivity index (χ2n) is 5.58. The van der Waals surface area contributed by atoms with E-state index in [9.17, 15) is 0 Å². The number of nitrogens with zero attached hydrogens (tertiary/aromatic N) is 3. The lowest BCUT2D eigenvalue weighted by atomic mass is 10.0. The monoisotopic (exact) mass is 533 g/mol. The highest BCUT2D eigenvalue weighted by Crippen LogP contribution is 2.33. The summed E-state index contributed by atoms with van der Waals surface area (Å²) in [4.78, 5) is 13.1. The minimum atomic E-state index is 0. The number of hydrogen-bond acceptors (Lipinski definition) is 15. The zero-order valence-electron chi connectivity index (χ0n) is 21.1. The summed E-state index contributed by atoms with van der Waals surface area (Å²) in [6, 6.07) is 22.0. The molecule has 0 bridgehead atoms. The lowest BCUT2D eigenvalue weighted by molar-refractivity contribution is 1.03. The van der Waals surface area contributed by atoms with Gasteiger partial charge in [0, 0.05) is 6.20 Å². The molecule has 2 aromatic carbocycles. The maximum absolute atomic E-state index is 6.13. The van der Waals surface area contributed by atoms with Crippen LogP contribution >= 0.6 is 11.6 Å². The zero-order chi connectivity index (χ0) is 17.1. The maximum Gasteiger partial charge on any atom is 0.224 e. The van der Waals surface area contributed by atoms with Crippen molar-refractivity contribution >= 4 is 28.3 Å². The van der Waals surface area contributed by atoms with Gasteiger partial charge in [0.1, 0.15) is 5.82 Å². The minimum Gasteiger partial charge on any atom is -0.364 e. The molecular formula is C20H48ClN15. The van der Waals surface area contributed by atoms with Crippen LogP contribution in [0.3, 0.4) is 0 Å². The first-order chi connectivity index (χ1) is 12.3. The molecule has 0 saturated carbocycles. The van der Waals surface area contributed by atoms with Crippen molar-refractivity contribution in [3.05, 3.63) is 83.9 Å². The molecule has 210 valence electrons. The Hall–Kier alpha value is -3.42. The Kier molecular flexibility index (Phi) is 36.9. The lowest BCUT2D eigenvalue weighted by Crippen LogP contribution is -2.05. The minimum absolute atomic E-state index is 0. The van der Waals surface area contributed by atoms with E-state index in [0.717, 1.165) is 27.7 Å². The first kappa shape index (κ1) is 53.8. The molecule has 0 saturated heterocycles. The van der Waals surface area contributed by atoms with Gasteiger partial charge in [-0.3, -0.25) is 4.98 Å². The van der Waals surface area contributed by atoms with Gasteiger partial charge in [-0.2, -0.15) is 0 Å². The largest absolute Gasteiger partial charge is 0.364 e. The van der Waals surface area contributed by atoms with Crippen LogP contribution in [0.15, 0.2) is 72.9 Å². The summed E-state index contributed by atoms with van der Waals surface area (Å²) in [5.41, 5.74) is 3.92. The maximum atomic E-state index is 6.13. The van der Waals surface area contributed by atoms with Crippen LogP contribution in [0.4, 0.5) is 5.82 Å². The third-order valence-corrected chi connectivity index (χ3v) is 4.11. The predicted molar refractivity (Wildman–Crippen MR) is 157 cm³/mol. The Labute approximate surface area is 218 Å². The summed E-state index contributed by atoms with van der Waals surface area (Å²) < 4.78 is 0. The number of pyridine rings is 1. The third-order valence-electron chi connectivity index (χ3n) is 3.94. The molecule has 34 N–H and O–H groups in total. The molecule has 0 aliphatic carbocycles. The van der Waals surface area contributed by atoms with Crippen molar-refractivity contribution < 1.29 is 0 Å². The van der Waals surface area contributed by atoms with Gasteiger partial charge in [-0.25, -0.2) is 9.97 Å². The molecule has 15 nitrogen and oxygen atoms in total. The van der Waals surface area contributed by atoms with Crippen molar-refractivity contribution in [2.24, 2.45) is 0 Å². The van der Waals surface area contributed by atoms with Gasteiger partial charge < -0.3 is 73.0 Å². The smallest absolute Gasteiger partial charge is 0.224 e. The molecule has 16 heteroatoms. The zero-order valence-corrected chi connectivity index (χ0v) is 21.9. The number of hydrogen-bond donors (Lipinski definition) is 12. The standard InChI is InChI=1S/C20H15ClN4.11H3N/c21-20-24-17-11-6-10-16(14-7-2-1-3-8-14)18(17)19(25-20)23-13-15-9-4-5-12-22-15;;;;;;;;;;;/h1-12H,13H2,(H,23,24,25);11*1H3. The Morgan fingerprint density at radius 3 is 1.75 bits per heavy atom. The molecule has 0 spiro atoms. The number of halogens is 1. The molecule has 0 radical (unpaired) electrons. The van der Waals surface area contributed by atoms with Crippen molar-refractivity contribution in [3.8, 4) is 11.1 Å². The Balaban J connectivity index is -0.000000119. The second-order valence-corrected chi connectivity index (χ2v) is 5.92. The van der Waals surface area contributed by atoms with Crippen molar-refractivity contribution in [2.45, 2.75) is 6.54 Å².